The van der Waals surface area contributed by atoms with E-state index in [1.807, 2.05) is 6.07 Å². The van der Waals surface area contributed by atoms with Gasteiger partial charge in [0.15, 0.2) is 5.75 Å². The van der Waals surface area contributed by atoms with E-state index in [0.29, 0.717) is 4.47 Å². The predicted octanol–water partition coefficient (Wildman–Crippen LogP) is 9.66. The highest BCUT2D eigenvalue weighted by Crippen LogP contribution is 2.37. The summed E-state index contributed by atoms with van der Waals surface area (Å²) in [6.45, 7) is 7.58. The summed E-state index contributed by atoms with van der Waals surface area (Å²) in [5.74, 6) is 0.395. The van der Waals surface area contributed by atoms with Crippen LogP contribution in [0, 0.1) is 0 Å². The van der Waals surface area contributed by atoms with Crippen molar-refractivity contribution < 1.29 is 19.4 Å². The number of ether oxygens (including phenoxy) is 2. The third-order valence-electron chi connectivity index (χ3n) is 5.46. The molecule has 4 nitrogen and oxygen atoms in total. The molecule has 0 aliphatic rings. The van der Waals surface area contributed by atoms with E-state index in [-0.39, 0.29) is 11.5 Å². The first kappa shape index (κ1) is 29.5. The lowest BCUT2D eigenvalue weighted by Gasteiger charge is -2.19. The van der Waals surface area contributed by atoms with Crippen LogP contribution in [0.5, 0.6) is 11.5 Å². The van der Waals surface area contributed by atoms with Gasteiger partial charge in [0.25, 0.3) is 0 Å². The molecule has 0 atom stereocenters. The van der Waals surface area contributed by atoms with E-state index < -0.39 is 11.8 Å². The average Bonchev–Trinajstić information content (AvgIpc) is 2.74. The average molecular weight is 526 g/mol. The monoisotopic (exact) mass is 524 g/mol. The van der Waals surface area contributed by atoms with Crippen LogP contribution in [0.1, 0.15) is 117 Å². The molecule has 0 aliphatic carbocycles. The zero-order valence-corrected chi connectivity index (χ0v) is 22.8. The van der Waals surface area contributed by atoms with Crippen LogP contribution in [0.4, 0.5) is 4.79 Å². The Kier molecular flexibility index (Phi) is 15.2. The number of carbonyl (C=O) groups is 1. The second-order valence-corrected chi connectivity index (χ2v) is 10.6. The van der Waals surface area contributed by atoms with Gasteiger partial charge in [0.05, 0.1) is 0 Å². The van der Waals surface area contributed by atoms with Crippen molar-refractivity contribution in [2.75, 3.05) is 0 Å². The lowest BCUT2D eigenvalue weighted by Crippen LogP contribution is -2.26. The van der Waals surface area contributed by atoms with Gasteiger partial charge in [0, 0.05) is 0 Å². The number of carbonyl (C=O) groups excluding carboxylic acids is 1. The van der Waals surface area contributed by atoms with Gasteiger partial charge < -0.3 is 14.6 Å². The maximum Gasteiger partial charge on any atom is 0.514 e. The summed E-state index contributed by atoms with van der Waals surface area (Å²) in [7, 11) is 0. The summed E-state index contributed by atoms with van der Waals surface area (Å²) < 4.78 is 10.8. The van der Waals surface area contributed by atoms with E-state index in [1.165, 1.54) is 70.6 Å². The molecule has 0 saturated heterocycles. The maximum atomic E-state index is 11.9. The number of phenolic OH excluding ortho intramolecular Hbond substituents is 1. The summed E-state index contributed by atoms with van der Waals surface area (Å²) in [6.07, 6.45) is 21.2. The van der Waals surface area contributed by atoms with E-state index in [0.717, 1.165) is 24.8 Å². The zero-order valence-electron chi connectivity index (χ0n) is 21.3. The highest BCUT2D eigenvalue weighted by Gasteiger charge is 2.20. The van der Waals surface area contributed by atoms with Crippen molar-refractivity contribution in [2.24, 2.45) is 0 Å². The normalized spacial score (nSPS) is 11.8. The second-order valence-electron chi connectivity index (χ2n) is 9.79. The van der Waals surface area contributed by atoms with Crippen molar-refractivity contribution in [3.63, 3.8) is 0 Å². The molecule has 1 N–H and O–H groups in total. The number of hydrogen-bond donors (Lipinski definition) is 1. The number of hydrogen-bond acceptors (Lipinski definition) is 4. The molecule has 0 unspecified atom stereocenters. The molecule has 0 radical (unpaired) electrons. The van der Waals surface area contributed by atoms with Gasteiger partial charge in [0.1, 0.15) is 15.8 Å². The number of benzene rings is 1. The molecular weight excluding hydrogens is 480 g/mol. The number of unbranched alkanes of at least 4 members (excludes halogenated alkanes) is 11. The van der Waals surface area contributed by atoms with E-state index in [4.69, 9.17) is 9.47 Å². The Morgan fingerprint density at radius 1 is 0.909 bits per heavy atom. The Morgan fingerprint density at radius 2 is 1.45 bits per heavy atom. The Bertz CT molecular complexity index is 707. The number of aryl methyl sites for hydroxylation is 1. The van der Waals surface area contributed by atoms with Crippen LogP contribution in [0.3, 0.4) is 0 Å². The van der Waals surface area contributed by atoms with Crippen molar-refractivity contribution in [2.45, 2.75) is 123 Å². The number of aromatic hydroxyl groups is 1. The van der Waals surface area contributed by atoms with Crippen molar-refractivity contribution in [3.8, 4) is 11.5 Å². The standard InChI is InChI=1S/C28H45BrO4/c1-5-6-7-8-9-10-11-12-13-14-15-16-17-18-19-20-23-21-22-24(25(29)26(23)30)32-27(31)33-28(2,3)4/h10-11,21-22,30H,5-9,12-20H2,1-4H3/b11-10-. The minimum atomic E-state index is -0.784. The fraction of sp³-hybridized carbons (Fsp3) is 0.679. The van der Waals surface area contributed by atoms with E-state index in [9.17, 15) is 9.90 Å². The van der Waals surface area contributed by atoms with Gasteiger partial charge in [-0.3, -0.25) is 0 Å². The molecule has 0 saturated carbocycles. The highest BCUT2D eigenvalue weighted by atomic mass is 79.9. The van der Waals surface area contributed by atoms with Crippen molar-refractivity contribution in [1.29, 1.82) is 0 Å². The van der Waals surface area contributed by atoms with Gasteiger partial charge in [-0.25, -0.2) is 4.79 Å². The molecule has 0 spiro atoms. The molecular formula is C28H45BrO4. The SMILES string of the molecule is CCCCCC/C=C\CCCCCCCCCc1ccc(OC(=O)OC(C)(C)C)c(Br)c1O. The van der Waals surface area contributed by atoms with Gasteiger partial charge in [-0.15, -0.1) is 0 Å². The molecule has 5 heteroatoms. The smallest absolute Gasteiger partial charge is 0.506 e. The van der Waals surface area contributed by atoms with E-state index in [2.05, 4.69) is 35.0 Å². The van der Waals surface area contributed by atoms with Crippen molar-refractivity contribution >= 4 is 22.1 Å². The first-order chi connectivity index (χ1) is 15.7. The maximum absolute atomic E-state index is 11.9. The lowest BCUT2D eigenvalue weighted by atomic mass is 10.0. The minimum absolute atomic E-state index is 0.134. The molecule has 0 bridgehead atoms. The molecule has 1 rings (SSSR count). The van der Waals surface area contributed by atoms with Crippen LogP contribution in [0.2, 0.25) is 0 Å². The Hall–Kier alpha value is -1.49. The molecule has 0 aromatic heterocycles. The minimum Gasteiger partial charge on any atom is -0.506 e. The summed E-state index contributed by atoms with van der Waals surface area (Å²) in [5.41, 5.74) is 0.232. The largest absolute Gasteiger partial charge is 0.514 e. The van der Waals surface area contributed by atoms with Crippen LogP contribution >= 0.6 is 15.9 Å². The van der Waals surface area contributed by atoms with Crippen LogP contribution in [0.15, 0.2) is 28.8 Å². The molecule has 0 aliphatic heterocycles. The number of halogens is 1. The first-order valence-electron chi connectivity index (χ1n) is 12.8. The van der Waals surface area contributed by atoms with Crippen molar-refractivity contribution in [1.82, 2.24) is 0 Å². The molecule has 33 heavy (non-hydrogen) atoms. The van der Waals surface area contributed by atoms with Crippen LogP contribution in [-0.4, -0.2) is 16.9 Å². The summed E-state index contributed by atoms with van der Waals surface area (Å²) in [5, 5.41) is 10.5. The molecule has 1 aromatic rings. The predicted molar refractivity (Wildman–Crippen MR) is 141 cm³/mol. The molecule has 0 fully saturated rings. The van der Waals surface area contributed by atoms with Gasteiger partial charge in [-0.1, -0.05) is 76.5 Å². The topological polar surface area (TPSA) is 55.8 Å². The first-order valence-corrected chi connectivity index (χ1v) is 13.6. The molecule has 0 heterocycles. The quantitative estimate of drug-likeness (QED) is 0.101. The highest BCUT2D eigenvalue weighted by molar-refractivity contribution is 9.10. The van der Waals surface area contributed by atoms with Gasteiger partial charge in [-0.05, 0) is 86.9 Å². The fourth-order valence-corrected chi connectivity index (χ4v) is 4.08. The van der Waals surface area contributed by atoms with Gasteiger partial charge in [-0.2, -0.15) is 0 Å². The third kappa shape index (κ3) is 14.4. The van der Waals surface area contributed by atoms with Gasteiger partial charge >= 0.3 is 6.16 Å². The third-order valence-corrected chi connectivity index (χ3v) is 6.22. The number of phenols is 1. The zero-order chi connectivity index (χ0) is 24.5. The fourth-order valence-electron chi connectivity index (χ4n) is 3.61. The Labute approximate surface area is 210 Å². The van der Waals surface area contributed by atoms with Gasteiger partial charge in [0.2, 0.25) is 0 Å². The van der Waals surface area contributed by atoms with E-state index in [1.54, 1.807) is 26.8 Å². The Morgan fingerprint density at radius 3 is 2.03 bits per heavy atom. The lowest BCUT2D eigenvalue weighted by molar-refractivity contribution is 0.0204. The van der Waals surface area contributed by atoms with E-state index >= 15 is 0 Å². The molecule has 188 valence electrons. The summed E-state index contributed by atoms with van der Waals surface area (Å²) >= 11 is 3.34. The number of rotatable bonds is 16. The molecule has 1 aromatic carbocycles. The van der Waals surface area contributed by atoms with Crippen LogP contribution in [-0.2, 0) is 11.2 Å². The summed E-state index contributed by atoms with van der Waals surface area (Å²) in [6, 6.07) is 3.51. The number of allylic oxidation sites excluding steroid dienone is 2. The summed E-state index contributed by atoms with van der Waals surface area (Å²) in [4.78, 5) is 11.9. The van der Waals surface area contributed by atoms with Crippen LogP contribution in [0.25, 0.3) is 0 Å². The second kappa shape index (κ2) is 17.0. The molecule has 0 amide bonds. The van der Waals surface area contributed by atoms with Crippen molar-refractivity contribution in [3.05, 3.63) is 34.3 Å². The van der Waals surface area contributed by atoms with Crippen LogP contribution < -0.4 is 4.74 Å². The Balaban J connectivity index is 2.16.